The largest absolute Gasteiger partial charge is 0.494 e. The summed E-state index contributed by atoms with van der Waals surface area (Å²) in [6.45, 7) is 0. The van der Waals surface area contributed by atoms with Crippen LogP contribution >= 0.6 is 0 Å². The Balaban J connectivity index is 1.87. The number of rotatable bonds is 3. The lowest BCUT2D eigenvalue weighted by Crippen LogP contribution is -1.89. The number of benzene rings is 2. The standard InChI is InChI=1S/C16H12FN5O/c1-23-14-5-3-9(7-12(14)17)15-11-6-10(16-18-8-19-22-16)2-4-13(11)20-21-15/h2-8H,1H3,(H,20,21)(H,18,19,22). The van der Waals surface area contributed by atoms with Crippen LogP contribution in [0.3, 0.4) is 0 Å². The minimum Gasteiger partial charge on any atom is -0.494 e. The third kappa shape index (κ3) is 2.22. The van der Waals surface area contributed by atoms with E-state index in [1.54, 1.807) is 12.1 Å². The van der Waals surface area contributed by atoms with Crippen molar-refractivity contribution in [2.75, 3.05) is 7.11 Å². The van der Waals surface area contributed by atoms with Gasteiger partial charge in [-0.05, 0) is 36.4 Å². The predicted molar refractivity (Wildman–Crippen MR) is 83.4 cm³/mol. The van der Waals surface area contributed by atoms with Crippen molar-refractivity contribution >= 4 is 10.9 Å². The molecule has 0 aliphatic rings. The number of H-pyrrole nitrogens is 2. The maximum atomic E-state index is 14.0. The second-order valence-corrected chi connectivity index (χ2v) is 5.02. The number of fused-ring (bicyclic) bond motifs is 1. The molecule has 0 saturated carbocycles. The van der Waals surface area contributed by atoms with Crippen LogP contribution in [0, 0.1) is 5.82 Å². The van der Waals surface area contributed by atoms with Gasteiger partial charge in [-0.2, -0.15) is 10.2 Å². The number of hydrogen-bond acceptors (Lipinski definition) is 4. The van der Waals surface area contributed by atoms with E-state index >= 15 is 0 Å². The molecule has 0 atom stereocenters. The normalized spacial score (nSPS) is 11.0. The third-order valence-electron chi connectivity index (χ3n) is 3.68. The summed E-state index contributed by atoms with van der Waals surface area (Å²) in [5, 5.41) is 14.8. The summed E-state index contributed by atoms with van der Waals surface area (Å²) in [6.07, 6.45) is 1.45. The zero-order chi connectivity index (χ0) is 15.8. The molecule has 0 bridgehead atoms. The zero-order valence-corrected chi connectivity index (χ0v) is 12.2. The first-order valence-corrected chi connectivity index (χ1v) is 6.94. The van der Waals surface area contributed by atoms with Gasteiger partial charge < -0.3 is 4.74 Å². The number of hydrogen-bond donors (Lipinski definition) is 2. The van der Waals surface area contributed by atoms with E-state index in [0.717, 1.165) is 16.5 Å². The summed E-state index contributed by atoms with van der Waals surface area (Å²) in [5.74, 6) is 0.448. The van der Waals surface area contributed by atoms with Gasteiger partial charge in [0, 0.05) is 16.5 Å². The molecule has 0 unspecified atom stereocenters. The molecule has 2 aromatic heterocycles. The van der Waals surface area contributed by atoms with Gasteiger partial charge >= 0.3 is 0 Å². The minimum absolute atomic E-state index is 0.205. The van der Waals surface area contributed by atoms with Crippen LogP contribution in [0.5, 0.6) is 5.75 Å². The maximum Gasteiger partial charge on any atom is 0.165 e. The van der Waals surface area contributed by atoms with Gasteiger partial charge in [0.15, 0.2) is 17.4 Å². The number of aromatic nitrogens is 5. The van der Waals surface area contributed by atoms with Gasteiger partial charge in [0.1, 0.15) is 12.0 Å². The topological polar surface area (TPSA) is 79.5 Å². The summed E-state index contributed by atoms with van der Waals surface area (Å²) in [5.41, 5.74) is 3.08. The van der Waals surface area contributed by atoms with E-state index in [4.69, 9.17) is 4.74 Å². The van der Waals surface area contributed by atoms with Crippen LogP contribution < -0.4 is 4.74 Å². The molecule has 114 valence electrons. The van der Waals surface area contributed by atoms with E-state index in [9.17, 15) is 4.39 Å². The molecule has 0 aliphatic heterocycles. The molecule has 4 rings (SSSR count). The summed E-state index contributed by atoms with van der Waals surface area (Å²) >= 11 is 0. The van der Waals surface area contributed by atoms with Gasteiger partial charge in [-0.3, -0.25) is 10.2 Å². The molecule has 2 heterocycles. The van der Waals surface area contributed by atoms with Crippen LogP contribution in [0.2, 0.25) is 0 Å². The fourth-order valence-corrected chi connectivity index (χ4v) is 2.54. The number of nitrogens with one attached hydrogen (secondary N) is 2. The second kappa shape index (κ2) is 5.20. The molecule has 0 radical (unpaired) electrons. The molecule has 23 heavy (non-hydrogen) atoms. The Morgan fingerprint density at radius 1 is 1.04 bits per heavy atom. The fraction of sp³-hybridized carbons (Fsp3) is 0.0625. The van der Waals surface area contributed by atoms with Crippen molar-refractivity contribution in [3.63, 3.8) is 0 Å². The molecule has 7 heteroatoms. The molecule has 0 fully saturated rings. The van der Waals surface area contributed by atoms with E-state index in [0.29, 0.717) is 17.1 Å². The fourth-order valence-electron chi connectivity index (χ4n) is 2.54. The summed E-state index contributed by atoms with van der Waals surface area (Å²) < 4.78 is 18.9. The van der Waals surface area contributed by atoms with Crippen LogP contribution in [0.25, 0.3) is 33.5 Å². The number of methoxy groups -OCH3 is 1. The summed E-state index contributed by atoms with van der Waals surface area (Å²) in [6, 6.07) is 10.5. The van der Waals surface area contributed by atoms with Crippen molar-refractivity contribution < 1.29 is 9.13 Å². The molecule has 0 aliphatic carbocycles. The lowest BCUT2D eigenvalue weighted by atomic mass is 10.0. The van der Waals surface area contributed by atoms with Crippen molar-refractivity contribution in [3.8, 4) is 28.4 Å². The second-order valence-electron chi connectivity index (χ2n) is 5.02. The van der Waals surface area contributed by atoms with Gasteiger partial charge in [0.05, 0.1) is 12.6 Å². The number of aromatic amines is 2. The van der Waals surface area contributed by atoms with Crippen molar-refractivity contribution in [2.24, 2.45) is 0 Å². The average molecular weight is 309 g/mol. The molecule has 2 N–H and O–H groups in total. The molecule has 6 nitrogen and oxygen atoms in total. The molecule has 0 saturated heterocycles. The first-order chi connectivity index (χ1) is 11.3. The van der Waals surface area contributed by atoms with Crippen LogP contribution in [-0.4, -0.2) is 32.5 Å². The summed E-state index contributed by atoms with van der Waals surface area (Å²) in [4.78, 5) is 4.14. The van der Waals surface area contributed by atoms with Crippen LogP contribution in [0.4, 0.5) is 4.39 Å². The Morgan fingerprint density at radius 3 is 2.65 bits per heavy atom. The Kier molecular flexibility index (Phi) is 3.04. The van der Waals surface area contributed by atoms with Gasteiger partial charge in [-0.25, -0.2) is 9.37 Å². The van der Waals surface area contributed by atoms with Gasteiger partial charge in [-0.15, -0.1) is 0 Å². The SMILES string of the molecule is COc1ccc(-c2n[nH]c3ccc(-c4ncn[nH]4)cc23)cc1F. The highest BCUT2D eigenvalue weighted by molar-refractivity contribution is 5.95. The lowest BCUT2D eigenvalue weighted by Gasteiger charge is -2.04. The smallest absolute Gasteiger partial charge is 0.165 e. The number of ether oxygens (including phenoxy) is 1. The Morgan fingerprint density at radius 2 is 1.91 bits per heavy atom. The minimum atomic E-state index is -0.424. The molecule has 0 amide bonds. The van der Waals surface area contributed by atoms with Gasteiger partial charge in [0.2, 0.25) is 0 Å². The van der Waals surface area contributed by atoms with E-state index in [-0.39, 0.29) is 5.75 Å². The van der Waals surface area contributed by atoms with Crippen molar-refractivity contribution in [3.05, 3.63) is 48.5 Å². The Bertz CT molecular complexity index is 977. The highest BCUT2D eigenvalue weighted by Gasteiger charge is 2.13. The molecular weight excluding hydrogens is 297 g/mol. The lowest BCUT2D eigenvalue weighted by molar-refractivity contribution is 0.386. The molecule has 2 aromatic carbocycles. The Labute approximate surface area is 130 Å². The maximum absolute atomic E-state index is 14.0. The number of halogens is 1. The van der Waals surface area contributed by atoms with E-state index in [1.807, 2.05) is 18.2 Å². The quantitative estimate of drug-likeness (QED) is 0.609. The summed E-state index contributed by atoms with van der Waals surface area (Å²) in [7, 11) is 1.44. The Hall–Kier alpha value is -3.22. The molecular formula is C16H12FN5O. The van der Waals surface area contributed by atoms with E-state index in [2.05, 4.69) is 25.4 Å². The van der Waals surface area contributed by atoms with Crippen molar-refractivity contribution in [1.29, 1.82) is 0 Å². The zero-order valence-electron chi connectivity index (χ0n) is 12.2. The van der Waals surface area contributed by atoms with Crippen molar-refractivity contribution in [2.45, 2.75) is 0 Å². The van der Waals surface area contributed by atoms with Crippen LogP contribution in [0.1, 0.15) is 0 Å². The molecule has 0 spiro atoms. The molecule has 4 aromatic rings. The van der Waals surface area contributed by atoms with E-state index < -0.39 is 5.82 Å². The van der Waals surface area contributed by atoms with Gasteiger partial charge in [-0.1, -0.05) is 0 Å². The van der Waals surface area contributed by atoms with Crippen LogP contribution in [0.15, 0.2) is 42.7 Å². The van der Waals surface area contributed by atoms with Crippen LogP contribution in [-0.2, 0) is 0 Å². The first-order valence-electron chi connectivity index (χ1n) is 6.94. The van der Waals surface area contributed by atoms with Crippen molar-refractivity contribution in [1.82, 2.24) is 25.4 Å². The average Bonchev–Trinajstić information content (AvgIpc) is 3.24. The highest BCUT2D eigenvalue weighted by atomic mass is 19.1. The highest BCUT2D eigenvalue weighted by Crippen LogP contribution is 2.31. The van der Waals surface area contributed by atoms with Gasteiger partial charge in [0.25, 0.3) is 0 Å². The number of nitrogens with zero attached hydrogens (tertiary/aromatic N) is 3. The first kappa shape index (κ1) is 13.4. The third-order valence-corrected chi connectivity index (χ3v) is 3.68. The van der Waals surface area contributed by atoms with E-state index in [1.165, 1.54) is 19.5 Å². The predicted octanol–water partition coefficient (Wildman–Crippen LogP) is 3.16. The monoisotopic (exact) mass is 309 g/mol.